The maximum Gasteiger partial charge on any atom is 0.509 e. The Morgan fingerprint density at radius 1 is 0.875 bits per heavy atom. The molecule has 144 valence electrons. The third-order valence-electron chi connectivity index (χ3n) is 5.01. The Bertz CT molecular complexity index is 300. The molecule has 24 heavy (non-hydrogen) atoms. The highest BCUT2D eigenvalue weighted by atomic mass is 16.7. The van der Waals surface area contributed by atoms with Crippen molar-refractivity contribution in [3.05, 3.63) is 0 Å². The minimum absolute atomic E-state index is 0.0617. The highest BCUT2D eigenvalue weighted by Gasteiger charge is 2.26. The summed E-state index contributed by atoms with van der Waals surface area (Å²) in [5, 5.41) is 0. The van der Waals surface area contributed by atoms with E-state index in [1.807, 2.05) is 27.7 Å². The van der Waals surface area contributed by atoms with Gasteiger partial charge in [0.25, 0.3) is 0 Å². The molecule has 1 unspecified atom stereocenters. The fourth-order valence-electron chi connectivity index (χ4n) is 2.85. The molecule has 0 saturated carbocycles. The van der Waals surface area contributed by atoms with Gasteiger partial charge in [-0.05, 0) is 46.0 Å². The number of hydrogen-bond donors (Lipinski definition) is 0. The Kier molecular flexibility index (Phi) is 13.1. The van der Waals surface area contributed by atoms with Crippen LogP contribution in [0.4, 0.5) is 4.79 Å². The van der Waals surface area contributed by atoms with Gasteiger partial charge in [-0.25, -0.2) is 4.79 Å². The molecule has 0 aromatic rings. The van der Waals surface area contributed by atoms with Gasteiger partial charge in [-0.2, -0.15) is 0 Å². The molecule has 0 aromatic carbocycles. The number of unbranched alkanes of at least 4 members (excludes halogenated alkanes) is 6. The zero-order chi connectivity index (χ0) is 18.4. The third-order valence-corrected chi connectivity index (χ3v) is 5.01. The molecule has 0 amide bonds. The third kappa shape index (κ3) is 11.8. The Labute approximate surface area is 150 Å². The molecular weight excluding hydrogens is 300 g/mol. The molecule has 0 aliphatic heterocycles. The zero-order valence-electron chi connectivity index (χ0n) is 17.2. The monoisotopic (exact) mass is 342 g/mol. The minimum atomic E-state index is -0.513. The maximum absolute atomic E-state index is 12.0. The van der Waals surface area contributed by atoms with Gasteiger partial charge in [0, 0.05) is 0 Å². The molecule has 3 nitrogen and oxygen atoms in total. The van der Waals surface area contributed by atoms with Crippen LogP contribution in [0.2, 0.25) is 0 Å². The van der Waals surface area contributed by atoms with E-state index in [-0.39, 0.29) is 6.10 Å². The van der Waals surface area contributed by atoms with Gasteiger partial charge < -0.3 is 9.47 Å². The zero-order valence-corrected chi connectivity index (χ0v) is 17.2. The van der Waals surface area contributed by atoms with Gasteiger partial charge in [0.2, 0.25) is 0 Å². The van der Waals surface area contributed by atoms with E-state index in [9.17, 15) is 4.79 Å². The number of carbonyl (C=O) groups is 1. The molecule has 0 rings (SSSR count). The summed E-state index contributed by atoms with van der Waals surface area (Å²) in [5.41, 5.74) is -0.450. The van der Waals surface area contributed by atoms with E-state index >= 15 is 0 Å². The van der Waals surface area contributed by atoms with Crippen molar-refractivity contribution in [2.75, 3.05) is 0 Å². The minimum Gasteiger partial charge on any atom is -0.431 e. The first kappa shape index (κ1) is 23.3. The number of rotatable bonds is 14. The van der Waals surface area contributed by atoms with Gasteiger partial charge in [0.05, 0.1) is 0 Å². The molecule has 0 spiro atoms. The average Bonchev–Trinajstić information content (AvgIpc) is 2.52. The van der Waals surface area contributed by atoms with Gasteiger partial charge in [-0.3, -0.25) is 0 Å². The van der Waals surface area contributed by atoms with Gasteiger partial charge in [-0.15, -0.1) is 0 Å². The second kappa shape index (κ2) is 13.5. The lowest BCUT2D eigenvalue weighted by Crippen LogP contribution is -2.31. The van der Waals surface area contributed by atoms with Crippen molar-refractivity contribution in [2.45, 2.75) is 124 Å². The summed E-state index contributed by atoms with van der Waals surface area (Å²) >= 11 is 0. The molecule has 0 bridgehead atoms. The molecular formula is C21H42O3. The van der Waals surface area contributed by atoms with Crippen LogP contribution in [0.1, 0.15) is 112 Å². The standard InChI is InChI=1S/C21H42O3/c1-7-10-12-14-16-19(17-15-13-11-8-2)18(4)23-20(22)24-21(5,6)9-3/h18-19H,7-17H2,1-6H3. The van der Waals surface area contributed by atoms with Crippen LogP contribution in [-0.2, 0) is 9.47 Å². The second-order valence-electron chi connectivity index (χ2n) is 7.75. The maximum atomic E-state index is 12.0. The fraction of sp³-hybridized carbons (Fsp3) is 0.952. The van der Waals surface area contributed by atoms with E-state index in [0.717, 1.165) is 19.3 Å². The van der Waals surface area contributed by atoms with Gasteiger partial charge in [0.15, 0.2) is 0 Å². The summed E-state index contributed by atoms with van der Waals surface area (Å²) in [7, 11) is 0. The van der Waals surface area contributed by atoms with Crippen molar-refractivity contribution in [1.82, 2.24) is 0 Å². The topological polar surface area (TPSA) is 35.5 Å². The molecule has 0 radical (unpaired) electrons. The summed E-state index contributed by atoms with van der Waals surface area (Å²) in [6, 6.07) is 0. The number of ether oxygens (including phenoxy) is 2. The van der Waals surface area contributed by atoms with Crippen LogP contribution in [0.3, 0.4) is 0 Å². The molecule has 3 heteroatoms. The molecule has 0 fully saturated rings. The van der Waals surface area contributed by atoms with Crippen LogP contribution >= 0.6 is 0 Å². The van der Waals surface area contributed by atoms with E-state index in [0.29, 0.717) is 5.92 Å². The van der Waals surface area contributed by atoms with Gasteiger partial charge >= 0.3 is 6.16 Å². The van der Waals surface area contributed by atoms with Crippen molar-refractivity contribution in [3.8, 4) is 0 Å². The van der Waals surface area contributed by atoms with E-state index in [1.165, 1.54) is 51.4 Å². The Balaban J connectivity index is 4.41. The Morgan fingerprint density at radius 3 is 1.79 bits per heavy atom. The van der Waals surface area contributed by atoms with Crippen molar-refractivity contribution in [1.29, 1.82) is 0 Å². The normalized spacial score (nSPS) is 13.1. The first-order valence-electron chi connectivity index (χ1n) is 10.3. The number of carbonyl (C=O) groups excluding carboxylic acids is 1. The molecule has 0 aliphatic rings. The van der Waals surface area contributed by atoms with Crippen LogP contribution in [0.25, 0.3) is 0 Å². The predicted octanol–water partition coefficient (Wildman–Crippen LogP) is 7.27. The summed E-state index contributed by atoms with van der Waals surface area (Å²) in [5.74, 6) is 0.455. The van der Waals surface area contributed by atoms with E-state index in [2.05, 4.69) is 13.8 Å². The molecule has 0 aliphatic carbocycles. The first-order chi connectivity index (χ1) is 11.4. The van der Waals surface area contributed by atoms with Crippen molar-refractivity contribution >= 4 is 6.16 Å². The SMILES string of the molecule is CCCCCCC(CCCCCC)C(C)OC(=O)OC(C)(C)CC. The summed E-state index contributed by atoms with van der Waals surface area (Å²) < 4.78 is 11.0. The van der Waals surface area contributed by atoms with E-state index in [4.69, 9.17) is 9.47 Å². The van der Waals surface area contributed by atoms with Crippen LogP contribution in [0, 0.1) is 5.92 Å². The fourth-order valence-corrected chi connectivity index (χ4v) is 2.85. The number of hydrogen-bond acceptors (Lipinski definition) is 3. The summed E-state index contributed by atoms with van der Waals surface area (Å²) in [6.07, 6.45) is 12.6. The van der Waals surface area contributed by atoms with Gasteiger partial charge in [-0.1, -0.05) is 72.1 Å². The summed E-state index contributed by atoms with van der Waals surface area (Å²) in [6.45, 7) is 12.4. The van der Waals surface area contributed by atoms with Crippen LogP contribution < -0.4 is 0 Å². The first-order valence-corrected chi connectivity index (χ1v) is 10.3. The molecule has 1 atom stereocenters. The summed E-state index contributed by atoms with van der Waals surface area (Å²) in [4.78, 5) is 12.0. The Morgan fingerprint density at radius 2 is 1.38 bits per heavy atom. The van der Waals surface area contributed by atoms with Gasteiger partial charge in [0.1, 0.15) is 11.7 Å². The Hall–Kier alpha value is -0.730. The predicted molar refractivity (Wildman–Crippen MR) is 102 cm³/mol. The largest absolute Gasteiger partial charge is 0.509 e. The average molecular weight is 343 g/mol. The lowest BCUT2D eigenvalue weighted by Gasteiger charge is -2.27. The lowest BCUT2D eigenvalue weighted by molar-refractivity contribution is -0.0447. The van der Waals surface area contributed by atoms with Crippen LogP contribution in [-0.4, -0.2) is 17.9 Å². The molecule has 0 saturated heterocycles. The molecule has 0 N–H and O–H groups in total. The van der Waals surface area contributed by atoms with Crippen molar-refractivity contribution < 1.29 is 14.3 Å². The van der Waals surface area contributed by atoms with Crippen molar-refractivity contribution in [2.24, 2.45) is 5.92 Å². The lowest BCUT2D eigenvalue weighted by atomic mass is 9.90. The quantitative estimate of drug-likeness (QED) is 0.246. The molecule has 0 heterocycles. The van der Waals surface area contributed by atoms with E-state index < -0.39 is 11.8 Å². The smallest absolute Gasteiger partial charge is 0.431 e. The van der Waals surface area contributed by atoms with Crippen LogP contribution in [0.5, 0.6) is 0 Å². The second-order valence-corrected chi connectivity index (χ2v) is 7.75. The highest BCUT2D eigenvalue weighted by Crippen LogP contribution is 2.25. The highest BCUT2D eigenvalue weighted by molar-refractivity contribution is 5.60. The van der Waals surface area contributed by atoms with E-state index in [1.54, 1.807) is 0 Å². The molecule has 0 aromatic heterocycles. The van der Waals surface area contributed by atoms with Crippen LogP contribution in [0.15, 0.2) is 0 Å². The van der Waals surface area contributed by atoms with Crippen molar-refractivity contribution in [3.63, 3.8) is 0 Å².